The van der Waals surface area contributed by atoms with Gasteiger partial charge in [-0.2, -0.15) is 5.26 Å². The van der Waals surface area contributed by atoms with Crippen LogP contribution < -0.4 is 5.32 Å². The van der Waals surface area contributed by atoms with E-state index in [-0.39, 0.29) is 23.4 Å². The fourth-order valence-corrected chi connectivity index (χ4v) is 4.92. The third kappa shape index (κ3) is 5.57. The SMILES string of the molecule is CC(CC1CCC(C)(C)C1(C)C)OC(=O)C1CCCN1C(=O)C(CC#N)NC(=O)CO. The summed E-state index contributed by atoms with van der Waals surface area (Å²) in [6, 6.07) is 0.0736. The summed E-state index contributed by atoms with van der Waals surface area (Å²) in [5, 5.41) is 20.3. The number of nitrogens with zero attached hydrogens (tertiary/aromatic N) is 2. The number of rotatable bonds is 8. The minimum Gasteiger partial charge on any atom is -0.461 e. The van der Waals surface area contributed by atoms with Gasteiger partial charge in [-0.3, -0.25) is 9.59 Å². The summed E-state index contributed by atoms with van der Waals surface area (Å²) in [5.74, 6) is -1.20. The molecule has 0 radical (unpaired) electrons. The lowest BCUT2D eigenvalue weighted by molar-refractivity contribution is -0.159. The fourth-order valence-electron chi connectivity index (χ4n) is 4.92. The number of nitrogens with one attached hydrogen (secondary N) is 1. The summed E-state index contributed by atoms with van der Waals surface area (Å²) in [6.07, 6.45) is 3.70. The van der Waals surface area contributed by atoms with Crippen molar-refractivity contribution in [3.05, 3.63) is 0 Å². The maximum absolute atomic E-state index is 12.9. The predicted molar refractivity (Wildman–Crippen MR) is 114 cm³/mol. The lowest BCUT2D eigenvalue weighted by Gasteiger charge is -2.40. The normalized spacial score (nSPS) is 26.0. The van der Waals surface area contributed by atoms with Crippen molar-refractivity contribution in [1.82, 2.24) is 10.2 Å². The first-order valence-electron chi connectivity index (χ1n) is 11.2. The topological polar surface area (TPSA) is 120 Å². The molecule has 1 aliphatic heterocycles. The van der Waals surface area contributed by atoms with Crippen LogP contribution >= 0.6 is 0 Å². The highest BCUT2D eigenvalue weighted by Gasteiger charge is 2.49. The predicted octanol–water partition coefficient (Wildman–Crippen LogP) is 2.15. The number of carbonyl (C=O) groups excluding carboxylic acids is 3. The molecule has 2 fully saturated rings. The van der Waals surface area contributed by atoms with E-state index < -0.39 is 36.5 Å². The number of amides is 2. The molecule has 8 heteroatoms. The third-order valence-corrected chi connectivity index (χ3v) is 7.70. The molecule has 2 N–H and O–H groups in total. The Kier molecular flexibility index (Phi) is 8.09. The molecule has 0 aromatic heterocycles. The molecule has 0 bridgehead atoms. The Morgan fingerprint density at radius 1 is 1.26 bits per heavy atom. The number of carbonyl (C=O) groups is 3. The van der Waals surface area contributed by atoms with Gasteiger partial charge in [0.15, 0.2) is 0 Å². The van der Waals surface area contributed by atoms with Gasteiger partial charge in [-0.05, 0) is 55.8 Å². The highest BCUT2D eigenvalue weighted by atomic mass is 16.5. The zero-order valence-corrected chi connectivity index (χ0v) is 19.4. The third-order valence-electron chi connectivity index (χ3n) is 7.70. The van der Waals surface area contributed by atoms with E-state index in [2.05, 4.69) is 33.0 Å². The van der Waals surface area contributed by atoms with Crippen LogP contribution in [-0.2, 0) is 19.1 Å². The van der Waals surface area contributed by atoms with Crippen LogP contribution in [0.15, 0.2) is 0 Å². The quantitative estimate of drug-likeness (QED) is 0.564. The molecule has 0 spiro atoms. The Morgan fingerprint density at radius 2 is 1.94 bits per heavy atom. The van der Waals surface area contributed by atoms with Crippen LogP contribution in [0.2, 0.25) is 0 Å². The molecule has 1 saturated carbocycles. The Hall–Kier alpha value is -2.14. The molecule has 1 aliphatic carbocycles. The number of ether oxygens (including phenoxy) is 1. The lowest BCUT2D eigenvalue weighted by Crippen LogP contribution is -2.52. The minimum atomic E-state index is -1.09. The van der Waals surface area contributed by atoms with Crippen molar-refractivity contribution in [2.45, 2.75) is 91.3 Å². The number of likely N-dealkylation sites (tertiary alicyclic amines) is 1. The van der Waals surface area contributed by atoms with E-state index in [1.54, 1.807) is 0 Å². The van der Waals surface area contributed by atoms with Crippen LogP contribution in [-0.4, -0.2) is 59.1 Å². The fraction of sp³-hybridized carbons (Fsp3) is 0.826. The second-order valence-electron chi connectivity index (χ2n) is 10.2. The minimum absolute atomic E-state index is 0.151. The summed E-state index contributed by atoms with van der Waals surface area (Å²) in [5.41, 5.74) is 0.392. The average molecular weight is 436 g/mol. The molecule has 0 aromatic carbocycles. The van der Waals surface area contributed by atoms with Crippen molar-refractivity contribution in [1.29, 1.82) is 5.26 Å². The largest absolute Gasteiger partial charge is 0.461 e. The van der Waals surface area contributed by atoms with Crippen molar-refractivity contribution in [2.24, 2.45) is 16.7 Å². The smallest absolute Gasteiger partial charge is 0.329 e. The van der Waals surface area contributed by atoms with E-state index in [1.165, 1.54) is 4.90 Å². The Bertz CT molecular complexity index is 727. The van der Waals surface area contributed by atoms with Crippen molar-refractivity contribution in [3.8, 4) is 6.07 Å². The van der Waals surface area contributed by atoms with Gasteiger partial charge in [0.25, 0.3) is 0 Å². The monoisotopic (exact) mass is 435 g/mol. The highest BCUT2D eigenvalue weighted by molar-refractivity contribution is 5.91. The molecule has 8 nitrogen and oxygen atoms in total. The summed E-state index contributed by atoms with van der Waals surface area (Å²) < 4.78 is 5.75. The molecule has 1 saturated heterocycles. The van der Waals surface area contributed by atoms with Gasteiger partial charge in [0.1, 0.15) is 18.7 Å². The standard InChI is InChI=1S/C23H37N3O5/c1-15(13-16-8-10-22(2,3)23(16,4)5)31-21(30)18-7-6-12-26(18)20(29)17(9-11-24)25-19(28)14-27/h15-18,27H,6-10,12-14H2,1-5H3,(H,25,28). The van der Waals surface area contributed by atoms with E-state index >= 15 is 0 Å². The molecule has 2 amide bonds. The maximum atomic E-state index is 12.9. The number of aliphatic hydroxyl groups excluding tert-OH is 1. The van der Waals surface area contributed by atoms with E-state index in [4.69, 9.17) is 15.1 Å². The molecule has 2 rings (SSSR count). The molecule has 2 aliphatic rings. The van der Waals surface area contributed by atoms with E-state index in [0.717, 1.165) is 19.3 Å². The molecule has 31 heavy (non-hydrogen) atoms. The van der Waals surface area contributed by atoms with Crippen LogP contribution in [0, 0.1) is 28.1 Å². The Balaban J connectivity index is 2.00. The van der Waals surface area contributed by atoms with Crippen LogP contribution in [0.1, 0.15) is 73.1 Å². The molecule has 0 aromatic rings. The van der Waals surface area contributed by atoms with Crippen molar-refractivity contribution in [2.75, 3.05) is 13.2 Å². The maximum Gasteiger partial charge on any atom is 0.329 e. The van der Waals surface area contributed by atoms with Gasteiger partial charge in [-0.1, -0.05) is 27.7 Å². The first-order valence-corrected chi connectivity index (χ1v) is 11.2. The second kappa shape index (κ2) is 9.99. The number of hydrogen-bond donors (Lipinski definition) is 2. The zero-order chi connectivity index (χ0) is 23.4. The van der Waals surface area contributed by atoms with Crippen LogP contribution in [0.3, 0.4) is 0 Å². The van der Waals surface area contributed by atoms with Gasteiger partial charge in [-0.25, -0.2) is 4.79 Å². The zero-order valence-electron chi connectivity index (χ0n) is 19.4. The molecule has 1 heterocycles. The molecule has 174 valence electrons. The van der Waals surface area contributed by atoms with Crippen LogP contribution in [0.25, 0.3) is 0 Å². The van der Waals surface area contributed by atoms with Gasteiger partial charge < -0.3 is 20.1 Å². The first-order chi connectivity index (χ1) is 14.4. The van der Waals surface area contributed by atoms with Crippen molar-refractivity contribution in [3.63, 3.8) is 0 Å². The van der Waals surface area contributed by atoms with E-state index in [1.807, 2.05) is 13.0 Å². The molecular formula is C23H37N3O5. The summed E-state index contributed by atoms with van der Waals surface area (Å²) in [4.78, 5) is 38.7. The lowest BCUT2D eigenvalue weighted by atomic mass is 9.66. The van der Waals surface area contributed by atoms with Crippen molar-refractivity contribution >= 4 is 17.8 Å². The summed E-state index contributed by atoms with van der Waals surface area (Å²) >= 11 is 0. The Morgan fingerprint density at radius 3 is 2.48 bits per heavy atom. The number of esters is 1. The number of aliphatic hydroxyl groups is 1. The van der Waals surface area contributed by atoms with Gasteiger partial charge in [0.2, 0.25) is 11.8 Å². The Labute approximate surface area is 185 Å². The van der Waals surface area contributed by atoms with Gasteiger partial charge >= 0.3 is 5.97 Å². The van der Waals surface area contributed by atoms with Crippen molar-refractivity contribution < 1.29 is 24.2 Å². The van der Waals surface area contributed by atoms with Crippen LogP contribution in [0.5, 0.6) is 0 Å². The molecule has 4 unspecified atom stereocenters. The van der Waals surface area contributed by atoms with Gasteiger partial charge in [-0.15, -0.1) is 0 Å². The average Bonchev–Trinajstić information content (AvgIpc) is 3.26. The summed E-state index contributed by atoms with van der Waals surface area (Å²) in [6.45, 7) is 10.7. The van der Waals surface area contributed by atoms with Gasteiger partial charge in [0, 0.05) is 6.54 Å². The van der Waals surface area contributed by atoms with Crippen LogP contribution in [0.4, 0.5) is 0 Å². The van der Waals surface area contributed by atoms with Gasteiger partial charge in [0.05, 0.1) is 18.6 Å². The highest BCUT2D eigenvalue weighted by Crippen LogP contribution is 2.57. The van der Waals surface area contributed by atoms with E-state index in [0.29, 0.717) is 25.3 Å². The second-order valence-corrected chi connectivity index (χ2v) is 10.2. The van der Waals surface area contributed by atoms with E-state index in [9.17, 15) is 14.4 Å². The summed E-state index contributed by atoms with van der Waals surface area (Å²) in [7, 11) is 0. The molecule has 4 atom stereocenters. The number of nitriles is 1. The number of hydrogen-bond acceptors (Lipinski definition) is 6. The first kappa shape index (κ1) is 25.1. The molecular weight excluding hydrogens is 398 g/mol.